The predicted octanol–water partition coefficient (Wildman–Crippen LogP) is 5.06. The minimum Gasteiger partial charge on any atom is -0.496 e. The number of aryl methyl sites for hydroxylation is 1. The van der Waals surface area contributed by atoms with Gasteiger partial charge in [-0.15, -0.1) is 0 Å². The normalized spacial score (nSPS) is 11.2. The van der Waals surface area contributed by atoms with Crippen molar-refractivity contribution in [3.8, 4) is 28.2 Å². The van der Waals surface area contributed by atoms with Gasteiger partial charge in [0.25, 0.3) is 0 Å². The Hall–Kier alpha value is -3.65. The molecule has 30 heavy (non-hydrogen) atoms. The minimum atomic E-state index is -1.16. The quantitative estimate of drug-likeness (QED) is 0.474. The molecule has 0 aliphatic rings. The molecule has 0 saturated heterocycles. The molecule has 154 valence electrons. The number of aromatic nitrogens is 1. The van der Waals surface area contributed by atoms with E-state index >= 15 is 0 Å². The van der Waals surface area contributed by atoms with Crippen molar-refractivity contribution < 1.29 is 32.7 Å². The van der Waals surface area contributed by atoms with Crippen LogP contribution in [0, 0.1) is 12.7 Å². The second-order valence-corrected chi connectivity index (χ2v) is 6.66. The van der Waals surface area contributed by atoms with Gasteiger partial charge in [-0.2, -0.15) is 0 Å². The summed E-state index contributed by atoms with van der Waals surface area (Å²) >= 11 is 0. The number of halogens is 1. The highest BCUT2D eigenvalue weighted by atomic mass is 19.1. The maximum absolute atomic E-state index is 13.3. The van der Waals surface area contributed by atoms with E-state index in [2.05, 4.69) is 5.16 Å². The maximum Gasteiger partial charge on any atom is 0.340 e. The van der Waals surface area contributed by atoms with Crippen molar-refractivity contribution in [1.29, 1.82) is 0 Å². The molecule has 0 radical (unpaired) electrons. The Morgan fingerprint density at radius 1 is 1.20 bits per heavy atom. The van der Waals surface area contributed by atoms with Gasteiger partial charge >= 0.3 is 5.97 Å². The molecule has 4 aromatic rings. The van der Waals surface area contributed by atoms with E-state index in [0.29, 0.717) is 44.9 Å². The third-order valence-electron chi connectivity index (χ3n) is 4.81. The minimum absolute atomic E-state index is 0.0272. The molecular weight excluding hydrogens is 393 g/mol. The summed E-state index contributed by atoms with van der Waals surface area (Å²) in [5.74, 6) is -0.465. The molecular formula is C22H18FNO6. The van der Waals surface area contributed by atoms with Crippen LogP contribution in [0.2, 0.25) is 0 Å². The fraction of sp³-hybridized carbons (Fsp3) is 0.182. The highest BCUT2D eigenvalue weighted by molar-refractivity contribution is 6.09. The Labute approximate surface area is 170 Å². The molecule has 0 fully saturated rings. The van der Waals surface area contributed by atoms with Crippen molar-refractivity contribution in [2.45, 2.75) is 13.5 Å². The zero-order chi connectivity index (χ0) is 21.4. The third-order valence-corrected chi connectivity index (χ3v) is 4.81. The van der Waals surface area contributed by atoms with Crippen molar-refractivity contribution in [1.82, 2.24) is 5.16 Å². The molecule has 2 aromatic heterocycles. The number of nitrogens with zero attached hydrogens (tertiary/aromatic N) is 1. The van der Waals surface area contributed by atoms with Crippen LogP contribution in [0.25, 0.3) is 33.4 Å². The fourth-order valence-electron chi connectivity index (χ4n) is 3.50. The summed E-state index contributed by atoms with van der Waals surface area (Å²) in [7, 11) is 3.04. The molecule has 0 saturated carbocycles. The molecule has 8 heteroatoms. The summed E-state index contributed by atoms with van der Waals surface area (Å²) in [6.07, 6.45) is 0. The van der Waals surface area contributed by atoms with Crippen molar-refractivity contribution in [3.63, 3.8) is 0 Å². The largest absolute Gasteiger partial charge is 0.496 e. The SMILES string of the molecule is COCc1noc(C)c1-c1cc2oc(-c3ccc(F)cc3)c(C(=O)O)c2cc1OC. The second-order valence-electron chi connectivity index (χ2n) is 6.66. The number of carboxylic acid groups (broad SMARTS) is 1. The molecule has 0 spiro atoms. The van der Waals surface area contributed by atoms with E-state index < -0.39 is 11.8 Å². The molecule has 0 aliphatic heterocycles. The number of carbonyl (C=O) groups is 1. The van der Waals surface area contributed by atoms with Crippen LogP contribution in [-0.4, -0.2) is 30.5 Å². The van der Waals surface area contributed by atoms with Gasteiger partial charge < -0.3 is 23.5 Å². The van der Waals surface area contributed by atoms with E-state index in [1.165, 1.54) is 31.4 Å². The van der Waals surface area contributed by atoms with E-state index in [1.807, 2.05) is 0 Å². The third kappa shape index (κ3) is 3.21. The van der Waals surface area contributed by atoms with Gasteiger partial charge in [0.1, 0.15) is 39.9 Å². The summed E-state index contributed by atoms with van der Waals surface area (Å²) in [6.45, 7) is 1.99. The van der Waals surface area contributed by atoms with Crippen molar-refractivity contribution in [2.24, 2.45) is 0 Å². The van der Waals surface area contributed by atoms with Crippen molar-refractivity contribution >= 4 is 16.9 Å². The van der Waals surface area contributed by atoms with Crippen LogP contribution in [0.1, 0.15) is 21.8 Å². The number of hydrogen-bond acceptors (Lipinski definition) is 6. The van der Waals surface area contributed by atoms with Crippen LogP contribution in [0.5, 0.6) is 5.75 Å². The summed E-state index contributed by atoms with van der Waals surface area (Å²) in [5, 5.41) is 14.2. The van der Waals surface area contributed by atoms with Crippen molar-refractivity contribution in [2.75, 3.05) is 14.2 Å². The monoisotopic (exact) mass is 411 g/mol. The Morgan fingerprint density at radius 3 is 2.57 bits per heavy atom. The maximum atomic E-state index is 13.3. The number of methoxy groups -OCH3 is 2. The number of carboxylic acids is 1. The van der Waals surface area contributed by atoms with E-state index in [0.717, 1.165) is 0 Å². The summed E-state index contributed by atoms with van der Waals surface area (Å²) in [4.78, 5) is 12.0. The molecule has 0 unspecified atom stereocenters. The van der Waals surface area contributed by atoms with Crippen LogP contribution >= 0.6 is 0 Å². The topological polar surface area (TPSA) is 94.9 Å². The Morgan fingerprint density at radius 2 is 1.93 bits per heavy atom. The van der Waals surface area contributed by atoms with Gasteiger partial charge in [-0.05, 0) is 43.3 Å². The first kappa shape index (κ1) is 19.7. The van der Waals surface area contributed by atoms with E-state index in [9.17, 15) is 14.3 Å². The lowest BCUT2D eigenvalue weighted by atomic mass is 9.99. The molecule has 2 heterocycles. The number of aromatic carboxylic acids is 1. The molecule has 0 bridgehead atoms. The second kappa shape index (κ2) is 7.64. The number of benzene rings is 2. The van der Waals surface area contributed by atoms with Crippen LogP contribution in [0.15, 0.2) is 45.3 Å². The van der Waals surface area contributed by atoms with Gasteiger partial charge in [-0.25, -0.2) is 9.18 Å². The molecule has 0 atom stereocenters. The smallest absolute Gasteiger partial charge is 0.340 e. The highest BCUT2D eigenvalue weighted by Gasteiger charge is 2.26. The molecule has 2 aromatic carbocycles. The Balaban J connectivity index is 1.99. The number of furan rings is 1. The Bertz CT molecular complexity index is 1240. The molecule has 7 nitrogen and oxygen atoms in total. The van der Waals surface area contributed by atoms with Gasteiger partial charge in [-0.1, -0.05) is 5.16 Å². The number of hydrogen-bond donors (Lipinski definition) is 1. The average Bonchev–Trinajstić information content (AvgIpc) is 3.27. The molecule has 0 aliphatic carbocycles. The summed E-state index contributed by atoms with van der Waals surface area (Å²) in [6, 6.07) is 8.73. The fourth-order valence-corrected chi connectivity index (χ4v) is 3.50. The standard InChI is InChI=1S/C22H18FNO6/c1-11-19(16(10-27-2)24-30-11)14-9-18-15(8-17(14)28-3)20(22(25)26)21(29-18)12-4-6-13(23)7-5-12/h4-9H,10H2,1-3H3,(H,25,26). The predicted molar refractivity (Wildman–Crippen MR) is 106 cm³/mol. The average molecular weight is 411 g/mol. The van der Waals surface area contributed by atoms with Crippen LogP contribution in [0.3, 0.4) is 0 Å². The van der Waals surface area contributed by atoms with Crippen molar-refractivity contribution in [3.05, 3.63) is 59.2 Å². The van der Waals surface area contributed by atoms with Gasteiger partial charge in [0.2, 0.25) is 0 Å². The van der Waals surface area contributed by atoms with Gasteiger partial charge in [0.05, 0.1) is 19.3 Å². The lowest BCUT2D eigenvalue weighted by molar-refractivity contribution is 0.0699. The molecule has 0 amide bonds. The van der Waals surface area contributed by atoms with Crippen LogP contribution in [0.4, 0.5) is 4.39 Å². The van der Waals surface area contributed by atoms with Crippen LogP contribution < -0.4 is 4.74 Å². The van der Waals surface area contributed by atoms with E-state index in [1.54, 1.807) is 26.2 Å². The van der Waals surface area contributed by atoms with Gasteiger partial charge in [-0.3, -0.25) is 0 Å². The lowest BCUT2D eigenvalue weighted by Crippen LogP contribution is -1.98. The number of fused-ring (bicyclic) bond motifs is 1. The Kier molecular flexibility index (Phi) is 5.01. The number of ether oxygens (including phenoxy) is 2. The van der Waals surface area contributed by atoms with Gasteiger partial charge in [0.15, 0.2) is 0 Å². The molecule has 1 N–H and O–H groups in total. The lowest BCUT2D eigenvalue weighted by Gasteiger charge is -2.09. The highest BCUT2D eigenvalue weighted by Crippen LogP contribution is 2.42. The first-order chi connectivity index (χ1) is 14.4. The van der Waals surface area contributed by atoms with Crippen LogP contribution in [-0.2, 0) is 11.3 Å². The number of rotatable bonds is 6. The summed E-state index contributed by atoms with van der Waals surface area (Å²) in [5.41, 5.74) is 2.66. The molecule has 4 rings (SSSR count). The first-order valence-corrected chi connectivity index (χ1v) is 9.02. The zero-order valence-electron chi connectivity index (χ0n) is 16.5. The van der Waals surface area contributed by atoms with E-state index in [4.69, 9.17) is 18.4 Å². The first-order valence-electron chi connectivity index (χ1n) is 9.02. The van der Waals surface area contributed by atoms with Gasteiger partial charge in [0, 0.05) is 23.6 Å². The summed E-state index contributed by atoms with van der Waals surface area (Å²) < 4.78 is 35.3. The zero-order valence-corrected chi connectivity index (χ0v) is 16.5. The van der Waals surface area contributed by atoms with E-state index in [-0.39, 0.29) is 17.9 Å².